The molecular weight excluding hydrogens is 374 g/mol. The lowest BCUT2D eigenvalue weighted by atomic mass is 9.77. The topological polar surface area (TPSA) is 69.4 Å². The van der Waals surface area contributed by atoms with Crippen LogP contribution in [0.3, 0.4) is 0 Å². The van der Waals surface area contributed by atoms with Crippen LogP contribution in [-0.2, 0) is 4.74 Å². The lowest BCUT2D eigenvalue weighted by Gasteiger charge is -2.41. The SMILES string of the molecule is N#Cc1cc(-c2ccccc2)c(-c2ccccc2)nc1N1CC(CO)C2(COC2)C1. The highest BCUT2D eigenvalue weighted by atomic mass is 16.5. The summed E-state index contributed by atoms with van der Waals surface area (Å²) in [6, 6.07) is 24.5. The van der Waals surface area contributed by atoms with Crippen LogP contribution in [0.1, 0.15) is 5.56 Å². The number of rotatable bonds is 4. The van der Waals surface area contributed by atoms with Crippen molar-refractivity contribution in [3.8, 4) is 28.5 Å². The fourth-order valence-corrected chi connectivity index (χ4v) is 4.62. The fraction of sp³-hybridized carbons (Fsp3) is 0.280. The zero-order valence-corrected chi connectivity index (χ0v) is 16.7. The first-order valence-electron chi connectivity index (χ1n) is 10.2. The Bertz CT molecular complexity index is 1090. The Labute approximate surface area is 176 Å². The third kappa shape index (κ3) is 3.06. The second-order valence-electron chi connectivity index (χ2n) is 8.21. The fourth-order valence-electron chi connectivity index (χ4n) is 4.62. The maximum Gasteiger partial charge on any atom is 0.147 e. The molecule has 3 aromatic rings. The van der Waals surface area contributed by atoms with Crippen molar-refractivity contribution in [2.45, 2.75) is 0 Å². The number of aromatic nitrogens is 1. The smallest absolute Gasteiger partial charge is 0.147 e. The molecule has 1 N–H and O–H groups in total. The molecule has 2 aliphatic heterocycles. The molecule has 1 atom stereocenters. The van der Waals surface area contributed by atoms with Crippen LogP contribution in [0.2, 0.25) is 0 Å². The van der Waals surface area contributed by atoms with Crippen molar-refractivity contribution in [3.05, 3.63) is 72.3 Å². The molecule has 0 radical (unpaired) electrons. The standard InChI is InChI=1S/C25H23N3O2/c26-12-20-11-22(18-7-3-1-4-8-18)23(19-9-5-2-6-10-19)27-24(20)28-13-21(14-29)25(15-28)16-30-17-25/h1-11,21,29H,13-17H2. The highest BCUT2D eigenvalue weighted by Gasteiger charge is 2.52. The third-order valence-corrected chi connectivity index (χ3v) is 6.37. The van der Waals surface area contributed by atoms with E-state index in [1.807, 2.05) is 66.7 Å². The molecule has 2 saturated heterocycles. The number of nitriles is 1. The number of anilines is 1. The Balaban J connectivity index is 1.65. The maximum atomic E-state index is 9.95. The number of ether oxygens (including phenoxy) is 1. The molecule has 2 aliphatic rings. The van der Waals surface area contributed by atoms with E-state index in [1.165, 1.54) is 0 Å². The van der Waals surface area contributed by atoms with Crippen molar-refractivity contribution in [1.82, 2.24) is 4.98 Å². The molecule has 1 aromatic heterocycles. The van der Waals surface area contributed by atoms with E-state index < -0.39 is 0 Å². The molecule has 150 valence electrons. The van der Waals surface area contributed by atoms with Gasteiger partial charge in [0.15, 0.2) is 0 Å². The summed E-state index contributed by atoms with van der Waals surface area (Å²) in [7, 11) is 0. The molecule has 0 saturated carbocycles. The predicted molar refractivity (Wildman–Crippen MR) is 116 cm³/mol. The van der Waals surface area contributed by atoms with Gasteiger partial charge in [0.05, 0.1) is 24.5 Å². The number of hydrogen-bond acceptors (Lipinski definition) is 5. The highest BCUT2D eigenvalue weighted by molar-refractivity contribution is 5.84. The normalized spacial score (nSPS) is 19.5. The Hall–Kier alpha value is -3.20. The first kappa shape index (κ1) is 18.8. The Kier molecular flexibility index (Phi) is 4.74. The Morgan fingerprint density at radius 3 is 2.27 bits per heavy atom. The van der Waals surface area contributed by atoms with E-state index in [0.717, 1.165) is 28.9 Å². The van der Waals surface area contributed by atoms with E-state index in [-0.39, 0.29) is 17.9 Å². The van der Waals surface area contributed by atoms with Gasteiger partial charge >= 0.3 is 0 Å². The molecular formula is C25H23N3O2. The molecule has 3 heterocycles. The van der Waals surface area contributed by atoms with Crippen molar-refractivity contribution in [3.63, 3.8) is 0 Å². The second-order valence-corrected chi connectivity index (χ2v) is 8.21. The van der Waals surface area contributed by atoms with Gasteiger partial charge in [0.1, 0.15) is 11.9 Å². The molecule has 30 heavy (non-hydrogen) atoms. The van der Waals surface area contributed by atoms with Crippen LogP contribution in [0, 0.1) is 22.7 Å². The molecule has 2 fully saturated rings. The molecule has 2 aromatic carbocycles. The average Bonchev–Trinajstić information content (AvgIpc) is 3.20. The molecule has 0 bridgehead atoms. The van der Waals surface area contributed by atoms with E-state index in [0.29, 0.717) is 31.1 Å². The van der Waals surface area contributed by atoms with Gasteiger partial charge < -0.3 is 14.7 Å². The lowest BCUT2D eigenvalue weighted by molar-refractivity contribution is -0.131. The summed E-state index contributed by atoms with van der Waals surface area (Å²) in [5.41, 5.74) is 4.38. The van der Waals surface area contributed by atoms with Crippen LogP contribution in [0.4, 0.5) is 5.82 Å². The average molecular weight is 397 g/mol. The van der Waals surface area contributed by atoms with E-state index in [4.69, 9.17) is 9.72 Å². The minimum absolute atomic E-state index is 0.0336. The van der Waals surface area contributed by atoms with Gasteiger partial charge in [-0.3, -0.25) is 0 Å². The number of pyridine rings is 1. The zero-order chi connectivity index (χ0) is 20.6. The summed E-state index contributed by atoms with van der Waals surface area (Å²) >= 11 is 0. The van der Waals surface area contributed by atoms with Crippen LogP contribution in [-0.4, -0.2) is 43.0 Å². The van der Waals surface area contributed by atoms with E-state index >= 15 is 0 Å². The predicted octanol–water partition coefficient (Wildman–Crippen LogP) is 3.73. The van der Waals surface area contributed by atoms with Gasteiger partial charge in [0, 0.05) is 42.2 Å². The van der Waals surface area contributed by atoms with Crippen molar-refractivity contribution < 1.29 is 9.84 Å². The van der Waals surface area contributed by atoms with Crippen LogP contribution in [0.5, 0.6) is 0 Å². The molecule has 5 nitrogen and oxygen atoms in total. The van der Waals surface area contributed by atoms with Gasteiger partial charge in [0.25, 0.3) is 0 Å². The van der Waals surface area contributed by atoms with Crippen molar-refractivity contribution in [2.24, 2.45) is 11.3 Å². The van der Waals surface area contributed by atoms with Crippen molar-refractivity contribution in [1.29, 1.82) is 5.26 Å². The van der Waals surface area contributed by atoms with Crippen LogP contribution in [0.15, 0.2) is 66.7 Å². The summed E-state index contributed by atoms with van der Waals surface area (Å²) in [6.07, 6.45) is 0. The molecule has 0 amide bonds. The van der Waals surface area contributed by atoms with Gasteiger partial charge in [-0.2, -0.15) is 5.26 Å². The summed E-state index contributed by atoms with van der Waals surface area (Å²) in [6.45, 7) is 2.86. The summed E-state index contributed by atoms with van der Waals surface area (Å²) in [5.74, 6) is 0.826. The van der Waals surface area contributed by atoms with Crippen molar-refractivity contribution in [2.75, 3.05) is 37.8 Å². The number of aliphatic hydroxyl groups is 1. The molecule has 1 unspecified atom stereocenters. The zero-order valence-electron chi connectivity index (χ0n) is 16.7. The first-order valence-corrected chi connectivity index (χ1v) is 10.2. The lowest BCUT2D eigenvalue weighted by Crippen LogP contribution is -2.49. The van der Waals surface area contributed by atoms with Crippen LogP contribution >= 0.6 is 0 Å². The molecule has 1 spiro atoms. The second kappa shape index (κ2) is 7.56. The van der Waals surface area contributed by atoms with E-state index in [1.54, 1.807) is 0 Å². The van der Waals surface area contributed by atoms with Gasteiger partial charge in [-0.05, 0) is 11.6 Å². The summed E-state index contributed by atoms with van der Waals surface area (Å²) in [5, 5.41) is 19.9. The summed E-state index contributed by atoms with van der Waals surface area (Å²) in [4.78, 5) is 7.20. The number of benzene rings is 2. The Morgan fingerprint density at radius 2 is 1.73 bits per heavy atom. The largest absolute Gasteiger partial charge is 0.396 e. The first-order chi connectivity index (χ1) is 14.7. The minimum Gasteiger partial charge on any atom is -0.396 e. The minimum atomic E-state index is -0.0336. The highest BCUT2D eigenvalue weighted by Crippen LogP contribution is 2.45. The third-order valence-electron chi connectivity index (χ3n) is 6.37. The molecule has 5 rings (SSSR count). The quantitative estimate of drug-likeness (QED) is 0.726. The molecule has 0 aliphatic carbocycles. The molecule has 5 heteroatoms. The van der Waals surface area contributed by atoms with Gasteiger partial charge in [-0.1, -0.05) is 60.7 Å². The summed E-state index contributed by atoms with van der Waals surface area (Å²) < 4.78 is 5.48. The van der Waals surface area contributed by atoms with Crippen molar-refractivity contribution >= 4 is 5.82 Å². The monoisotopic (exact) mass is 397 g/mol. The van der Waals surface area contributed by atoms with E-state index in [2.05, 4.69) is 11.0 Å². The van der Waals surface area contributed by atoms with Gasteiger partial charge in [0.2, 0.25) is 0 Å². The van der Waals surface area contributed by atoms with Gasteiger partial charge in [-0.15, -0.1) is 0 Å². The maximum absolute atomic E-state index is 9.95. The van der Waals surface area contributed by atoms with E-state index in [9.17, 15) is 10.4 Å². The van der Waals surface area contributed by atoms with Gasteiger partial charge in [-0.25, -0.2) is 4.98 Å². The Morgan fingerprint density at radius 1 is 1.07 bits per heavy atom. The van der Waals surface area contributed by atoms with Crippen LogP contribution in [0.25, 0.3) is 22.4 Å². The number of hydrogen-bond donors (Lipinski definition) is 1. The number of nitrogens with zero attached hydrogens (tertiary/aromatic N) is 3. The van der Waals surface area contributed by atoms with Crippen LogP contribution < -0.4 is 4.90 Å². The number of aliphatic hydroxyl groups excluding tert-OH is 1.